The van der Waals surface area contributed by atoms with Crippen molar-refractivity contribution in [2.75, 3.05) is 6.54 Å². The van der Waals surface area contributed by atoms with Crippen LogP contribution in [-0.4, -0.2) is 38.1 Å². The number of carbonyl (C=O) groups excluding carboxylic acids is 1. The minimum atomic E-state index is -0.584. The van der Waals surface area contributed by atoms with Crippen molar-refractivity contribution < 1.29 is 9.53 Å². The molecule has 3 heterocycles. The summed E-state index contributed by atoms with van der Waals surface area (Å²) in [6.07, 6.45) is 2.87. The van der Waals surface area contributed by atoms with Gasteiger partial charge in [0.05, 0.1) is 33.4 Å². The van der Waals surface area contributed by atoms with Gasteiger partial charge in [0, 0.05) is 12.1 Å². The Morgan fingerprint density at radius 3 is 2.68 bits per heavy atom. The van der Waals surface area contributed by atoms with E-state index < -0.39 is 11.7 Å². The van der Waals surface area contributed by atoms with Crippen molar-refractivity contribution in [1.82, 2.24) is 19.9 Å². The van der Waals surface area contributed by atoms with E-state index in [1.165, 1.54) is 4.70 Å². The van der Waals surface area contributed by atoms with Gasteiger partial charge in [0.25, 0.3) is 5.56 Å². The molecule has 1 aliphatic carbocycles. The van der Waals surface area contributed by atoms with Crippen molar-refractivity contribution >= 4 is 27.6 Å². The first kappa shape index (κ1) is 23.9. The highest BCUT2D eigenvalue weighted by molar-refractivity contribution is 7.21. The number of amides is 1. The zero-order valence-electron chi connectivity index (χ0n) is 21.3. The summed E-state index contributed by atoms with van der Waals surface area (Å²) in [6.45, 7) is 6.29. The molecule has 37 heavy (non-hydrogen) atoms. The molecule has 1 saturated carbocycles. The summed E-state index contributed by atoms with van der Waals surface area (Å²) in [7, 11) is 0. The lowest BCUT2D eigenvalue weighted by Gasteiger charge is -2.26. The number of benzene rings is 2. The molecular formula is C29H30N4O3S. The number of aromatic nitrogens is 3. The van der Waals surface area contributed by atoms with Crippen LogP contribution in [0.15, 0.2) is 53.3 Å². The number of fused-ring (bicyclic) bond motifs is 2. The number of hydrogen-bond acceptors (Lipinski definition) is 6. The van der Waals surface area contributed by atoms with Gasteiger partial charge in [-0.2, -0.15) is 0 Å². The van der Waals surface area contributed by atoms with Gasteiger partial charge in [-0.25, -0.2) is 14.8 Å². The molecule has 1 fully saturated rings. The minimum Gasteiger partial charge on any atom is -0.444 e. The van der Waals surface area contributed by atoms with Gasteiger partial charge in [0.2, 0.25) is 0 Å². The summed E-state index contributed by atoms with van der Waals surface area (Å²) >= 11 is 1.69. The van der Waals surface area contributed by atoms with Crippen LogP contribution in [0.25, 0.3) is 20.8 Å². The molecule has 4 aromatic rings. The zero-order valence-corrected chi connectivity index (χ0v) is 22.2. The number of para-hydroxylation sites is 1. The van der Waals surface area contributed by atoms with E-state index in [2.05, 4.69) is 35.3 Å². The van der Waals surface area contributed by atoms with Crippen LogP contribution >= 0.6 is 11.3 Å². The first-order valence-corrected chi connectivity index (χ1v) is 13.6. The van der Waals surface area contributed by atoms with Crippen molar-refractivity contribution in [1.29, 1.82) is 0 Å². The molecule has 8 heteroatoms. The average molecular weight is 515 g/mol. The third-order valence-corrected chi connectivity index (χ3v) is 8.19. The third kappa shape index (κ3) is 4.55. The topological polar surface area (TPSA) is 88.2 Å². The van der Waals surface area contributed by atoms with Crippen molar-refractivity contribution in [3.8, 4) is 10.6 Å². The smallest absolute Gasteiger partial charge is 0.410 e. The first-order chi connectivity index (χ1) is 17.7. The van der Waals surface area contributed by atoms with Crippen LogP contribution in [0.2, 0.25) is 0 Å². The fourth-order valence-electron chi connectivity index (χ4n) is 5.06. The van der Waals surface area contributed by atoms with Gasteiger partial charge >= 0.3 is 6.09 Å². The maximum Gasteiger partial charge on any atom is 0.410 e. The highest BCUT2D eigenvalue weighted by atomic mass is 32.1. The van der Waals surface area contributed by atoms with Crippen LogP contribution in [0.1, 0.15) is 62.7 Å². The van der Waals surface area contributed by atoms with Crippen LogP contribution in [-0.2, 0) is 23.1 Å². The SMILES string of the molecule is CC(C)(C)OC(=O)N1CCCc2nc(C3(c4cccc(-c5nc6ccccc6s5)c4)CC3)[nH]c(=O)c2C1. The van der Waals surface area contributed by atoms with E-state index in [0.717, 1.165) is 52.4 Å². The summed E-state index contributed by atoms with van der Waals surface area (Å²) < 4.78 is 6.72. The van der Waals surface area contributed by atoms with Crippen molar-refractivity contribution in [2.45, 2.75) is 64.0 Å². The standard InChI is InChI=1S/C29H30N4O3S/c1-28(2,3)36-27(35)33-15-7-11-21-20(17-33)24(34)32-26(31-21)29(13-14-29)19-9-6-8-18(16-19)25-30-22-10-4-5-12-23(22)37-25/h4-6,8-10,12,16H,7,11,13-15,17H2,1-3H3,(H,31,32,34). The van der Waals surface area contributed by atoms with Crippen molar-refractivity contribution in [3.63, 3.8) is 0 Å². The molecule has 2 aliphatic rings. The highest BCUT2D eigenvalue weighted by Gasteiger charge is 2.49. The van der Waals surface area contributed by atoms with Gasteiger partial charge in [0.1, 0.15) is 16.4 Å². The Kier molecular flexibility index (Phi) is 5.67. The zero-order chi connectivity index (χ0) is 25.8. The fraction of sp³-hybridized carbons (Fsp3) is 0.379. The third-order valence-electron chi connectivity index (χ3n) is 7.10. The molecule has 1 aliphatic heterocycles. The Morgan fingerprint density at radius 2 is 1.92 bits per heavy atom. The quantitative estimate of drug-likeness (QED) is 0.373. The maximum atomic E-state index is 13.3. The predicted octanol–water partition coefficient (Wildman–Crippen LogP) is 5.81. The number of H-pyrrole nitrogens is 1. The summed E-state index contributed by atoms with van der Waals surface area (Å²) in [4.78, 5) is 40.5. The number of nitrogens with zero attached hydrogens (tertiary/aromatic N) is 3. The van der Waals surface area contributed by atoms with Crippen LogP contribution in [0, 0.1) is 0 Å². The number of aryl methyl sites for hydroxylation is 1. The number of rotatable bonds is 3. The molecule has 0 spiro atoms. The number of carbonyl (C=O) groups is 1. The number of thiazole rings is 1. The lowest BCUT2D eigenvalue weighted by Crippen LogP contribution is -2.37. The van der Waals surface area contributed by atoms with E-state index in [9.17, 15) is 9.59 Å². The predicted molar refractivity (Wildman–Crippen MR) is 145 cm³/mol. The number of nitrogens with one attached hydrogen (secondary N) is 1. The maximum absolute atomic E-state index is 13.3. The second-order valence-electron chi connectivity index (χ2n) is 11.0. The van der Waals surface area contributed by atoms with Gasteiger partial charge in [0.15, 0.2) is 0 Å². The molecule has 0 saturated heterocycles. The normalized spacial score (nSPS) is 16.8. The molecule has 1 amide bonds. The van der Waals surface area contributed by atoms with Gasteiger partial charge in [-0.1, -0.05) is 30.3 Å². The molecule has 0 radical (unpaired) electrons. The highest BCUT2D eigenvalue weighted by Crippen LogP contribution is 2.52. The summed E-state index contributed by atoms with van der Waals surface area (Å²) in [6, 6.07) is 16.7. The van der Waals surface area contributed by atoms with Crippen LogP contribution < -0.4 is 5.56 Å². The van der Waals surface area contributed by atoms with Gasteiger partial charge in [-0.15, -0.1) is 11.3 Å². The summed E-state index contributed by atoms with van der Waals surface area (Å²) in [5.41, 5.74) is 3.54. The van der Waals surface area contributed by atoms with E-state index in [4.69, 9.17) is 14.7 Å². The lowest BCUT2D eigenvalue weighted by atomic mass is 9.93. The number of hydrogen-bond donors (Lipinski definition) is 1. The molecule has 190 valence electrons. The van der Waals surface area contributed by atoms with Crippen molar-refractivity contribution in [3.05, 3.63) is 81.5 Å². The Bertz CT molecular complexity index is 1530. The summed E-state index contributed by atoms with van der Waals surface area (Å²) in [5, 5.41) is 0.990. The second-order valence-corrected chi connectivity index (χ2v) is 12.0. The Hall–Kier alpha value is -3.52. The lowest BCUT2D eigenvalue weighted by molar-refractivity contribution is 0.0236. The van der Waals surface area contributed by atoms with Gasteiger partial charge in [-0.3, -0.25) is 4.79 Å². The van der Waals surface area contributed by atoms with Gasteiger partial charge < -0.3 is 14.6 Å². The fourth-order valence-corrected chi connectivity index (χ4v) is 6.03. The molecular weight excluding hydrogens is 484 g/mol. The molecule has 7 nitrogen and oxygen atoms in total. The van der Waals surface area contributed by atoms with Crippen molar-refractivity contribution in [2.24, 2.45) is 0 Å². The Morgan fingerprint density at radius 1 is 1.11 bits per heavy atom. The van der Waals surface area contributed by atoms with E-state index >= 15 is 0 Å². The van der Waals surface area contributed by atoms with Crippen LogP contribution in [0.4, 0.5) is 4.79 Å². The van der Waals surface area contributed by atoms with Gasteiger partial charge in [-0.05, 0) is 70.2 Å². The molecule has 1 N–H and O–H groups in total. The van der Waals surface area contributed by atoms with E-state index in [-0.39, 0.29) is 17.5 Å². The second kappa shape index (κ2) is 8.80. The van der Waals surface area contributed by atoms with Crippen LogP contribution in [0.5, 0.6) is 0 Å². The molecule has 0 bridgehead atoms. The average Bonchev–Trinajstić information content (AvgIpc) is 3.60. The Balaban J connectivity index is 1.32. The molecule has 2 aromatic carbocycles. The molecule has 6 rings (SSSR count). The molecule has 2 aromatic heterocycles. The van der Waals surface area contributed by atoms with E-state index in [1.807, 2.05) is 39.0 Å². The number of ether oxygens (including phenoxy) is 1. The van der Waals surface area contributed by atoms with E-state index in [1.54, 1.807) is 16.2 Å². The summed E-state index contributed by atoms with van der Waals surface area (Å²) in [5.74, 6) is 0.725. The monoisotopic (exact) mass is 514 g/mol. The molecule has 0 atom stereocenters. The Labute approximate surface area is 219 Å². The number of aromatic amines is 1. The minimum absolute atomic E-state index is 0.163. The largest absolute Gasteiger partial charge is 0.444 e. The van der Waals surface area contributed by atoms with E-state index in [0.29, 0.717) is 18.5 Å². The first-order valence-electron chi connectivity index (χ1n) is 12.8. The van der Waals surface area contributed by atoms with Crippen LogP contribution in [0.3, 0.4) is 0 Å². The molecule has 0 unspecified atom stereocenters.